The van der Waals surface area contributed by atoms with Crippen molar-refractivity contribution in [2.45, 2.75) is 0 Å². The Morgan fingerprint density at radius 2 is 2.20 bits per heavy atom. The van der Waals surface area contributed by atoms with E-state index in [2.05, 4.69) is 4.74 Å². The van der Waals surface area contributed by atoms with Crippen LogP contribution in [0.1, 0.15) is 0 Å². The fraction of sp³-hybridized carbons (Fsp3) is 0.400. The zero-order valence-corrected chi connectivity index (χ0v) is 6.14. The van der Waals surface area contributed by atoms with Gasteiger partial charge in [0.15, 0.2) is 9.84 Å². The molecule has 0 bridgehead atoms. The molecule has 1 aliphatic rings. The van der Waals surface area contributed by atoms with Crippen LogP contribution >= 0.6 is 0 Å². The van der Waals surface area contributed by atoms with Gasteiger partial charge in [-0.05, 0) is 0 Å². The number of methoxy groups -OCH3 is 1. The van der Waals surface area contributed by atoms with Crippen LogP contribution in [0.3, 0.4) is 0 Å². The fourth-order valence-electron chi connectivity index (χ4n) is 0.648. The highest BCUT2D eigenvalue weighted by atomic mass is 32.2. The highest BCUT2D eigenvalue weighted by Crippen LogP contribution is 2.16. The lowest BCUT2D eigenvalue weighted by molar-refractivity contribution is -0.136. The van der Waals surface area contributed by atoms with Crippen molar-refractivity contribution in [2.75, 3.05) is 12.9 Å². The Kier molecular flexibility index (Phi) is 1.52. The van der Waals surface area contributed by atoms with Gasteiger partial charge < -0.3 is 4.74 Å². The van der Waals surface area contributed by atoms with Crippen LogP contribution in [0.15, 0.2) is 11.0 Å². The van der Waals surface area contributed by atoms with Gasteiger partial charge in [0, 0.05) is 5.41 Å². The van der Waals surface area contributed by atoms with Gasteiger partial charge in [-0.2, -0.15) is 0 Å². The van der Waals surface area contributed by atoms with Gasteiger partial charge in [0.1, 0.15) is 0 Å². The molecule has 0 saturated carbocycles. The molecule has 0 aromatic carbocycles. The third-order valence-electron chi connectivity index (χ3n) is 1.13. The van der Waals surface area contributed by atoms with Crippen LogP contribution in [0.5, 0.6) is 0 Å². The second-order valence-electron chi connectivity index (χ2n) is 1.94. The first-order valence-corrected chi connectivity index (χ1v) is 4.28. The third kappa shape index (κ3) is 1.18. The van der Waals surface area contributed by atoms with Crippen molar-refractivity contribution in [3.8, 4) is 0 Å². The minimum absolute atomic E-state index is 0.181. The topological polar surface area (TPSA) is 60.4 Å². The molecule has 0 saturated heterocycles. The molecule has 0 spiro atoms. The highest BCUT2D eigenvalue weighted by Gasteiger charge is 2.28. The summed E-state index contributed by atoms with van der Waals surface area (Å²) < 4.78 is 25.1. The molecule has 1 rings (SSSR count). The maximum absolute atomic E-state index is 10.5. The zero-order chi connectivity index (χ0) is 7.78. The SMILES string of the molecule is COC(=O)C1=CS(=O)(=O)C1. The quantitative estimate of drug-likeness (QED) is 0.486. The Bertz CT molecular complexity index is 285. The van der Waals surface area contributed by atoms with Crippen molar-refractivity contribution in [1.82, 2.24) is 0 Å². The lowest BCUT2D eigenvalue weighted by Gasteiger charge is -2.11. The molecule has 0 fully saturated rings. The number of carbonyl (C=O) groups is 1. The molecule has 0 unspecified atom stereocenters. The lowest BCUT2D eigenvalue weighted by Crippen LogP contribution is -2.23. The van der Waals surface area contributed by atoms with Crippen molar-refractivity contribution in [1.29, 1.82) is 0 Å². The summed E-state index contributed by atoms with van der Waals surface area (Å²) in [4.78, 5) is 10.5. The second-order valence-corrected chi connectivity index (χ2v) is 3.79. The molecular formula is C5H6O4S. The molecule has 1 heterocycles. The number of carbonyl (C=O) groups excluding carboxylic acids is 1. The smallest absolute Gasteiger partial charge is 0.335 e. The summed E-state index contributed by atoms with van der Waals surface area (Å²) in [7, 11) is -1.83. The molecule has 1 aliphatic heterocycles. The van der Waals surface area contributed by atoms with Crippen LogP contribution in [0.2, 0.25) is 0 Å². The summed E-state index contributed by atoms with van der Waals surface area (Å²) in [5, 5.41) is 0.929. The molecule has 10 heavy (non-hydrogen) atoms. The first-order valence-electron chi connectivity index (χ1n) is 2.57. The Morgan fingerprint density at radius 1 is 1.70 bits per heavy atom. The summed E-state index contributed by atoms with van der Waals surface area (Å²) in [5.41, 5.74) is 0.225. The molecule has 4 nitrogen and oxygen atoms in total. The Labute approximate surface area is 58.4 Å². The average molecular weight is 162 g/mol. The number of hydrogen-bond donors (Lipinski definition) is 0. The first kappa shape index (κ1) is 7.27. The Balaban J connectivity index is 2.77. The molecule has 0 amide bonds. The van der Waals surface area contributed by atoms with Crippen LogP contribution < -0.4 is 0 Å². The van der Waals surface area contributed by atoms with E-state index in [1.165, 1.54) is 7.11 Å². The largest absolute Gasteiger partial charge is 0.466 e. The summed E-state index contributed by atoms with van der Waals surface area (Å²) in [6, 6.07) is 0. The van der Waals surface area contributed by atoms with Gasteiger partial charge in [0.05, 0.1) is 18.4 Å². The summed E-state index contributed by atoms with van der Waals surface area (Å²) in [6.07, 6.45) is 0. The van der Waals surface area contributed by atoms with Gasteiger partial charge in [-0.15, -0.1) is 0 Å². The summed E-state index contributed by atoms with van der Waals surface area (Å²) in [6.45, 7) is 0. The van der Waals surface area contributed by atoms with Gasteiger partial charge in [0.2, 0.25) is 0 Å². The molecule has 0 aliphatic carbocycles. The lowest BCUT2D eigenvalue weighted by atomic mass is 10.3. The Morgan fingerprint density at radius 3 is 2.50 bits per heavy atom. The van der Waals surface area contributed by atoms with E-state index in [1.807, 2.05) is 0 Å². The van der Waals surface area contributed by atoms with E-state index in [0.29, 0.717) is 0 Å². The van der Waals surface area contributed by atoms with E-state index in [1.54, 1.807) is 0 Å². The van der Waals surface area contributed by atoms with Crippen LogP contribution in [0.4, 0.5) is 0 Å². The van der Waals surface area contributed by atoms with Crippen LogP contribution in [-0.4, -0.2) is 27.2 Å². The number of esters is 1. The maximum atomic E-state index is 10.5. The zero-order valence-electron chi connectivity index (χ0n) is 5.33. The summed E-state index contributed by atoms with van der Waals surface area (Å²) >= 11 is 0. The highest BCUT2D eigenvalue weighted by molar-refractivity contribution is 7.96. The van der Waals surface area contributed by atoms with Gasteiger partial charge in [-0.25, -0.2) is 13.2 Å². The minimum Gasteiger partial charge on any atom is -0.466 e. The molecule has 5 heteroatoms. The summed E-state index contributed by atoms with van der Waals surface area (Å²) in [5.74, 6) is -0.741. The van der Waals surface area contributed by atoms with Gasteiger partial charge in [-0.1, -0.05) is 0 Å². The van der Waals surface area contributed by atoms with E-state index in [9.17, 15) is 13.2 Å². The predicted molar refractivity (Wildman–Crippen MR) is 33.9 cm³/mol. The number of sulfone groups is 1. The monoisotopic (exact) mass is 162 g/mol. The normalized spacial score (nSPS) is 20.7. The predicted octanol–water partition coefficient (Wildman–Crippen LogP) is -0.528. The fourth-order valence-corrected chi connectivity index (χ4v) is 1.68. The van der Waals surface area contributed by atoms with Crippen molar-refractivity contribution in [3.05, 3.63) is 11.0 Å². The van der Waals surface area contributed by atoms with E-state index < -0.39 is 15.8 Å². The van der Waals surface area contributed by atoms with Gasteiger partial charge in [0.25, 0.3) is 0 Å². The van der Waals surface area contributed by atoms with Gasteiger partial charge >= 0.3 is 5.97 Å². The molecule has 0 atom stereocenters. The average Bonchev–Trinajstić information content (AvgIpc) is 1.81. The Hall–Kier alpha value is -0.840. The number of ether oxygens (including phenoxy) is 1. The minimum atomic E-state index is -3.05. The van der Waals surface area contributed by atoms with E-state index in [4.69, 9.17) is 0 Å². The van der Waals surface area contributed by atoms with Crippen molar-refractivity contribution in [2.24, 2.45) is 0 Å². The van der Waals surface area contributed by atoms with Crippen molar-refractivity contribution in [3.63, 3.8) is 0 Å². The van der Waals surface area contributed by atoms with Crippen LogP contribution in [0, 0.1) is 0 Å². The standard InChI is InChI=1S/C5H6O4S/c1-9-5(6)4-2-10(7,8)3-4/h2H,3H2,1H3. The van der Waals surface area contributed by atoms with Crippen molar-refractivity contribution >= 4 is 15.8 Å². The third-order valence-corrected chi connectivity index (χ3v) is 2.48. The molecule has 56 valence electrons. The molecule has 0 N–H and O–H groups in total. The van der Waals surface area contributed by atoms with Crippen LogP contribution in [0.25, 0.3) is 0 Å². The number of rotatable bonds is 1. The molecular weight excluding hydrogens is 156 g/mol. The first-order chi connectivity index (χ1) is 4.55. The molecule has 0 aromatic rings. The number of hydrogen-bond acceptors (Lipinski definition) is 4. The maximum Gasteiger partial charge on any atom is 0.335 e. The second kappa shape index (κ2) is 2.09. The molecule has 0 aromatic heterocycles. The van der Waals surface area contributed by atoms with E-state index in [-0.39, 0.29) is 11.3 Å². The van der Waals surface area contributed by atoms with E-state index in [0.717, 1.165) is 5.41 Å². The van der Waals surface area contributed by atoms with Crippen LogP contribution in [-0.2, 0) is 19.4 Å². The molecule has 0 radical (unpaired) electrons. The van der Waals surface area contributed by atoms with Gasteiger partial charge in [-0.3, -0.25) is 0 Å². The van der Waals surface area contributed by atoms with E-state index >= 15 is 0 Å². The van der Waals surface area contributed by atoms with Crippen molar-refractivity contribution < 1.29 is 17.9 Å².